The van der Waals surface area contributed by atoms with E-state index in [0.29, 0.717) is 44.1 Å². The number of esters is 1. The van der Waals surface area contributed by atoms with Gasteiger partial charge in [0.05, 0.1) is 29.2 Å². The molecule has 2 fully saturated rings. The van der Waals surface area contributed by atoms with E-state index in [0.717, 1.165) is 73.3 Å². The lowest BCUT2D eigenvalue weighted by Gasteiger charge is -2.31. The van der Waals surface area contributed by atoms with Crippen molar-refractivity contribution in [3.8, 4) is 17.3 Å². The van der Waals surface area contributed by atoms with Crippen molar-refractivity contribution in [2.45, 2.75) is 118 Å². The van der Waals surface area contributed by atoms with Crippen LogP contribution in [0.15, 0.2) is 30.5 Å². The Bertz CT molecular complexity index is 1650. The standard InChI is InChI=1S/C39H57N9O4/c1-26(2)36(52-37(49)38(5,6)7)48-35(45-46-47-48)23-51-22-28(4)43-30-13-11-29(12-14-30)19-31-20-32(27(3)21-41-31)33-9-8-10-34(44-33)42-25-39(24-40)15-17-50-18-16-39/h8-10,20-21,26,28-30,36,43H,11-19,22-23,25H2,1-7H3,(H,42,44)/t28-,29?,30?,36-/m0/s1. The van der Waals surface area contributed by atoms with Gasteiger partial charge in [0.1, 0.15) is 12.4 Å². The summed E-state index contributed by atoms with van der Waals surface area (Å²) in [5, 5.41) is 29.1. The van der Waals surface area contributed by atoms with Gasteiger partial charge in [0.2, 0.25) is 6.23 Å². The molecule has 5 rings (SSSR count). The first-order valence-electron chi connectivity index (χ1n) is 18.8. The summed E-state index contributed by atoms with van der Waals surface area (Å²) in [6.45, 7) is 16.2. The van der Waals surface area contributed by atoms with Crippen molar-refractivity contribution < 1.29 is 19.0 Å². The third-order valence-corrected chi connectivity index (χ3v) is 10.2. The third kappa shape index (κ3) is 10.5. The normalized spacial score (nSPS) is 20.2. The smallest absolute Gasteiger partial charge is 0.313 e. The summed E-state index contributed by atoms with van der Waals surface area (Å²) >= 11 is 0. The van der Waals surface area contributed by atoms with E-state index in [2.05, 4.69) is 52.1 Å². The van der Waals surface area contributed by atoms with E-state index in [1.165, 1.54) is 0 Å². The zero-order valence-corrected chi connectivity index (χ0v) is 32.0. The highest BCUT2D eigenvalue weighted by Gasteiger charge is 2.33. The topological polar surface area (TPSA) is 162 Å². The average Bonchev–Trinajstić information content (AvgIpc) is 3.59. The molecule has 3 aromatic heterocycles. The first-order valence-corrected chi connectivity index (χ1v) is 18.8. The minimum Gasteiger partial charge on any atom is -0.439 e. The van der Waals surface area contributed by atoms with Gasteiger partial charge in [0.15, 0.2) is 5.82 Å². The Hall–Kier alpha value is -3.99. The molecule has 1 aliphatic carbocycles. The number of aryl methyl sites for hydroxylation is 1. The molecule has 2 N–H and O–H groups in total. The molecule has 0 aromatic carbocycles. The van der Waals surface area contributed by atoms with Gasteiger partial charge >= 0.3 is 5.97 Å². The molecule has 13 nitrogen and oxygen atoms in total. The van der Waals surface area contributed by atoms with Crippen molar-refractivity contribution in [3.63, 3.8) is 0 Å². The van der Waals surface area contributed by atoms with Crippen molar-refractivity contribution in [2.24, 2.45) is 22.7 Å². The van der Waals surface area contributed by atoms with Crippen molar-refractivity contribution in [3.05, 3.63) is 47.5 Å². The zero-order chi connectivity index (χ0) is 37.3. The lowest BCUT2D eigenvalue weighted by molar-refractivity contribution is -0.168. The number of rotatable bonds is 15. The van der Waals surface area contributed by atoms with Gasteiger partial charge in [0.25, 0.3) is 0 Å². The van der Waals surface area contributed by atoms with Crippen LogP contribution in [0.25, 0.3) is 11.3 Å². The molecule has 1 saturated heterocycles. The van der Waals surface area contributed by atoms with E-state index in [1.807, 2.05) is 59.0 Å². The number of carbonyl (C=O) groups is 1. The summed E-state index contributed by atoms with van der Waals surface area (Å²) in [5.74, 6) is 1.57. The average molecular weight is 716 g/mol. The molecule has 4 heterocycles. The highest BCUT2D eigenvalue weighted by atomic mass is 16.6. The van der Waals surface area contributed by atoms with Crippen LogP contribution in [0.4, 0.5) is 5.82 Å². The number of aromatic nitrogens is 6. The molecular formula is C39H57N9O4. The van der Waals surface area contributed by atoms with Crippen molar-refractivity contribution >= 4 is 11.8 Å². The maximum absolute atomic E-state index is 12.6. The molecule has 1 saturated carbocycles. The molecule has 0 spiro atoms. The van der Waals surface area contributed by atoms with Crippen LogP contribution in [0.3, 0.4) is 0 Å². The van der Waals surface area contributed by atoms with Crippen molar-refractivity contribution in [1.29, 1.82) is 5.26 Å². The fourth-order valence-corrected chi connectivity index (χ4v) is 6.85. The first kappa shape index (κ1) is 39.2. The number of tetrazole rings is 1. The summed E-state index contributed by atoms with van der Waals surface area (Å²) in [7, 11) is 0. The van der Waals surface area contributed by atoms with E-state index in [1.54, 1.807) is 4.68 Å². The van der Waals surface area contributed by atoms with E-state index in [9.17, 15) is 10.1 Å². The van der Waals surface area contributed by atoms with Gasteiger partial charge < -0.3 is 24.8 Å². The van der Waals surface area contributed by atoms with E-state index in [-0.39, 0.29) is 24.5 Å². The summed E-state index contributed by atoms with van der Waals surface area (Å²) in [4.78, 5) is 22.3. The Morgan fingerprint density at radius 2 is 1.90 bits per heavy atom. The number of nitrogens with zero attached hydrogens (tertiary/aromatic N) is 7. The van der Waals surface area contributed by atoms with Gasteiger partial charge in [-0.3, -0.25) is 9.78 Å². The molecule has 1 aliphatic heterocycles. The van der Waals surface area contributed by atoms with E-state index < -0.39 is 17.1 Å². The SMILES string of the molecule is Cc1cnc(CC2CCC(N[C@@H](C)COCc3nnnn3[C@@H](OC(=O)C(C)(C)C)C(C)C)CC2)cc1-c1cccc(NCC2(C#N)CCOCC2)n1. The van der Waals surface area contributed by atoms with Crippen LogP contribution < -0.4 is 10.6 Å². The molecule has 0 bridgehead atoms. The molecule has 3 aromatic rings. The van der Waals surface area contributed by atoms with Crippen LogP contribution in [-0.4, -0.2) is 74.6 Å². The fraction of sp³-hybridized carbons (Fsp3) is 0.667. The predicted octanol–water partition coefficient (Wildman–Crippen LogP) is 6.21. The van der Waals surface area contributed by atoms with Crippen LogP contribution in [0, 0.1) is 40.9 Å². The Morgan fingerprint density at radius 1 is 1.15 bits per heavy atom. The molecule has 52 heavy (non-hydrogen) atoms. The maximum atomic E-state index is 12.6. The van der Waals surface area contributed by atoms with Crippen molar-refractivity contribution in [1.82, 2.24) is 35.5 Å². The van der Waals surface area contributed by atoms with Crippen LogP contribution >= 0.6 is 0 Å². The quantitative estimate of drug-likeness (QED) is 0.171. The molecule has 0 unspecified atom stereocenters. The van der Waals surface area contributed by atoms with Crippen molar-refractivity contribution in [2.75, 3.05) is 31.7 Å². The molecule has 2 atom stereocenters. The Morgan fingerprint density at radius 3 is 2.60 bits per heavy atom. The monoisotopic (exact) mass is 715 g/mol. The maximum Gasteiger partial charge on any atom is 0.313 e. The van der Waals surface area contributed by atoms with Gasteiger partial charge in [-0.15, -0.1) is 5.10 Å². The lowest BCUT2D eigenvalue weighted by atomic mass is 9.82. The Kier molecular flexibility index (Phi) is 13.3. The molecular weight excluding hydrogens is 658 g/mol. The number of nitrogens with one attached hydrogen (secondary N) is 2. The zero-order valence-electron chi connectivity index (χ0n) is 32.0. The highest BCUT2D eigenvalue weighted by Crippen LogP contribution is 2.32. The van der Waals surface area contributed by atoms with Crippen LogP contribution in [0.5, 0.6) is 0 Å². The molecule has 0 amide bonds. The van der Waals surface area contributed by atoms with Gasteiger partial charge in [-0.25, -0.2) is 4.98 Å². The Labute approximate surface area is 308 Å². The number of hydrogen-bond acceptors (Lipinski definition) is 12. The highest BCUT2D eigenvalue weighted by molar-refractivity contribution is 5.75. The molecule has 0 radical (unpaired) electrons. The van der Waals surface area contributed by atoms with Gasteiger partial charge in [0, 0.05) is 55.2 Å². The summed E-state index contributed by atoms with van der Waals surface area (Å²) in [5.41, 5.74) is 3.15. The number of pyridine rings is 2. The summed E-state index contributed by atoms with van der Waals surface area (Å²) in [6.07, 6.45) is 8.25. The third-order valence-electron chi connectivity index (χ3n) is 10.2. The fourth-order valence-electron chi connectivity index (χ4n) is 6.85. The molecule has 2 aliphatic rings. The van der Waals surface area contributed by atoms with Gasteiger partial charge in [-0.2, -0.15) is 9.94 Å². The van der Waals surface area contributed by atoms with Crippen LogP contribution in [0.1, 0.15) is 103 Å². The minimum atomic E-state index is -0.627. The number of nitriles is 1. The lowest BCUT2D eigenvalue weighted by Crippen LogP contribution is -2.41. The number of hydrogen-bond donors (Lipinski definition) is 2. The molecule has 13 heteroatoms. The van der Waals surface area contributed by atoms with E-state index in [4.69, 9.17) is 24.2 Å². The number of carbonyl (C=O) groups excluding carboxylic acids is 1. The second-order valence-corrected chi connectivity index (χ2v) is 16.1. The summed E-state index contributed by atoms with van der Waals surface area (Å²) < 4.78 is 18.9. The molecule has 282 valence electrons. The van der Waals surface area contributed by atoms with Gasteiger partial charge in [-0.05, 0) is 120 Å². The second-order valence-electron chi connectivity index (χ2n) is 16.1. The largest absolute Gasteiger partial charge is 0.439 e. The van der Waals surface area contributed by atoms with Gasteiger partial charge in [-0.1, -0.05) is 19.9 Å². The number of ether oxygens (including phenoxy) is 3. The first-order chi connectivity index (χ1) is 24.9. The van der Waals surface area contributed by atoms with Crippen LogP contribution in [0.2, 0.25) is 0 Å². The second kappa shape index (κ2) is 17.7. The van der Waals surface area contributed by atoms with E-state index >= 15 is 0 Å². The predicted molar refractivity (Wildman–Crippen MR) is 198 cm³/mol. The minimum absolute atomic E-state index is 0.0168. The van der Waals surface area contributed by atoms with Crippen LogP contribution in [-0.2, 0) is 32.0 Å². The number of anilines is 1. The summed E-state index contributed by atoms with van der Waals surface area (Å²) in [6, 6.07) is 11.3. The Balaban J connectivity index is 1.07.